The first-order valence-corrected chi connectivity index (χ1v) is 11.1. The second kappa shape index (κ2) is 10.4. The van der Waals surface area contributed by atoms with Gasteiger partial charge >= 0.3 is 0 Å². The SMILES string of the molecule is O=C(Cn1c(SC(F)F)nc2ccccc21)NC[C@H](c1cccc(F)c1)N1CCOCC1. The predicted molar refractivity (Wildman–Crippen MR) is 116 cm³/mol. The Balaban J connectivity index is 1.50. The first kappa shape index (κ1) is 22.6. The van der Waals surface area contributed by atoms with Crippen molar-refractivity contribution in [2.75, 3.05) is 32.8 Å². The first-order chi connectivity index (χ1) is 15.5. The summed E-state index contributed by atoms with van der Waals surface area (Å²) in [6.45, 7) is 2.57. The zero-order chi connectivity index (χ0) is 22.5. The lowest BCUT2D eigenvalue weighted by molar-refractivity contribution is -0.122. The molecule has 0 aliphatic carbocycles. The lowest BCUT2D eigenvalue weighted by Gasteiger charge is -2.35. The molecule has 0 radical (unpaired) electrons. The minimum atomic E-state index is -2.65. The fourth-order valence-corrected chi connectivity index (χ4v) is 4.45. The molecule has 0 spiro atoms. The van der Waals surface area contributed by atoms with Gasteiger partial charge in [-0.2, -0.15) is 8.78 Å². The van der Waals surface area contributed by atoms with Crippen molar-refractivity contribution < 1.29 is 22.7 Å². The van der Waals surface area contributed by atoms with Gasteiger partial charge in [-0.15, -0.1) is 0 Å². The van der Waals surface area contributed by atoms with Crippen LogP contribution in [0.5, 0.6) is 0 Å². The predicted octanol–water partition coefficient (Wildman–Crippen LogP) is 3.68. The molecule has 1 N–H and O–H groups in total. The molecule has 0 saturated carbocycles. The van der Waals surface area contributed by atoms with Crippen LogP contribution in [0.1, 0.15) is 11.6 Å². The molecule has 2 heterocycles. The molecular formula is C22H23F3N4O2S. The molecule has 3 aromatic rings. The van der Waals surface area contributed by atoms with Crippen LogP contribution in [-0.2, 0) is 16.1 Å². The van der Waals surface area contributed by atoms with Crippen LogP contribution in [0.4, 0.5) is 13.2 Å². The summed E-state index contributed by atoms with van der Waals surface area (Å²) in [5.41, 5.74) is 1.92. The highest BCUT2D eigenvalue weighted by Gasteiger charge is 2.24. The third-order valence-corrected chi connectivity index (χ3v) is 6.03. The average molecular weight is 465 g/mol. The highest BCUT2D eigenvalue weighted by atomic mass is 32.2. The monoisotopic (exact) mass is 464 g/mol. The maximum Gasteiger partial charge on any atom is 0.291 e. The van der Waals surface area contributed by atoms with Crippen LogP contribution in [0.2, 0.25) is 0 Å². The van der Waals surface area contributed by atoms with E-state index in [9.17, 15) is 18.0 Å². The van der Waals surface area contributed by atoms with Crippen molar-refractivity contribution in [3.05, 3.63) is 59.9 Å². The molecule has 1 aliphatic rings. The second-order valence-corrected chi connectivity index (χ2v) is 8.33. The zero-order valence-electron chi connectivity index (χ0n) is 17.2. The lowest BCUT2D eigenvalue weighted by Crippen LogP contribution is -2.44. The van der Waals surface area contributed by atoms with Crippen LogP contribution in [0, 0.1) is 5.82 Å². The van der Waals surface area contributed by atoms with Gasteiger partial charge in [-0.1, -0.05) is 24.3 Å². The number of carbonyl (C=O) groups is 1. The van der Waals surface area contributed by atoms with Gasteiger partial charge in [-0.05, 0) is 41.6 Å². The molecule has 6 nitrogen and oxygen atoms in total. The Labute approximate surface area is 187 Å². The number of aromatic nitrogens is 2. The number of carbonyl (C=O) groups excluding carboxylic acids is 1. The van der Waals surface area contributed by atoms with Crippen molar-refractivity contribution in [1.82, 2.24) is 19.8 Å². The van der Waals surface area contributed by atoms with E-state index in [-0.39, 0.29) is 36.0 Å². The number of nitrogens with one attached hydrogen (secondary N) is 1. The van der Waals surface area contributed by atoms with E-state index in [1.807, 2.05) is 6.07 Å². The van der Waals surface area contributed by atoms with Gasteiger partial charge in [0.2, 0.25) is 5.91 Å². The van der Waals surface area contributed by atoms with Gasteiger partial charge in [-0.3, -0.25) is 9.69 Å². The number of fused-ring (bicyclic) bond motifs is 1. The van der Waals surface area contributed by atoms with Crippen molar-refractivity contribution in [2.45, 2.75) is 23.5 Å². The van der Waals surface area contributed by atoms with Crippen LogP contribution >= 0.6 is 11.8 Å². The Bertz CT molecular complexity index is 1070. The van der Waals surface area contributed by atoms with Crippen LogP contribution < -0.4 is 5.32 Å². The summed E-state index contributed by atoms with van der Waals surface area (Å²) < 4.78 is 46.8. The van der Waals surface area contributed by atoms with Crippen LogP contribution in [0.15, 0.2) is 53.7 Å². The number of hydrogen-bond acceptors (Lipinski definition) is 5. The van der Waals surface area contributed by atoms with Gasteiger partial charge in [0, 0.05) is 19.6 Å². The smallest absolute Gasteiger partial charge is 0.291 e. The minimum absolute atomic E-state index is 0.0891. The van der Waals surface area contributed by atoms with Gasteiger partial charge in [0.25, 0.3) is 5.76 Å². The average Bonchev–Trinajstić information content (AvgIpc) is 3.11. The summed E-state index contributed by atoms with van der Waals surface area (Å²) >= 11 is 0.313. The molecule has 0 unspecified atom stereocenters. The Hall–Kier alpha value is -2.56. The zero-order valence-corrected chi connectivity index (χ0v) is 18.0. The van der Waals surface area contributed by atoms with Crippen molar-refractivity contribution in [3.63, 3.8) is 0 Å². The fraction of sp³-hybridized carbons (Fsp3) is 0.364. The van der Waals surface area contributed by atoms with Gasteiger partial charge in [0.1, 0.15) is 12.4 Å². The highest BCUT2D eigenvalue weighted by Crippen LogP contribution is 2.28. The molecule has 170 valence electrons. The molecule has 1 aromatic heterocycles. The standard InChI is InChI=1S/C22H23F3N4O2S/c23-16-5-3-4-15(12-16)19(28-8-10-31-11-9-28)13-26-20(30)14-29-18-7-2-1-6-17(18)27-22(29)32-21(24)25/h1-7,12,19,21H,8-11,13-14H2,(H,26,30)/t19-/m1/s1. The van der Waals surface area contributed by atoms with Gasteiger partial charge in [0.05, 0.1) is 30.3 Å². The molecular weight excluding hydrogens is 441 g/mol. The van der Waals surface area contributed by atoms with Crippen LogP contribution in [0.3, 0.4) is 0 Å². The van der Waals surface area contributed by atoms with Gasteiger partial charge in [-0.25, -0.2) is 9.37 Å². The minimum Gasteiger partial charge on any atom is -0.379 e. The van der Waals surface area contributed by atoms with E-state index in [4.69, 9.17) is 4.74 Å². The van der Waals surface area contributed by atoms with E-state index in [0.717, 1.165) is 5.56 Å². The molecule has 10 heteroatoms. The number of morpholine rings is 1. The van der Waals surface area contributed by atoms with Crippen molar-refractivity contribution in [1.29, 1.82) is 0 Å². The lowest BCUT2D eigenvalue weighted by atomic mass is 10.0. The molecule has 1 aliphatic heterocycles. The van der Waals surface area contributed by atoms with E-state index in [0.29, 0.717) is 49.1 Å². The summed E-state index contributed by atoms with van der Waals surface area (Å²) in [7, 11) is 0. The summed E-state index contributed by atoms with van der Waals surface area (Å²) in [5.74, 6) is -3.32. The number of rotatable bonds is 8. The van der Waals surface area contributed by atoms with Gasteiger partial charge in [0.15, 0.2) is 5.16 Å². The summed E-state index contributed by atoms with van der Waals surface area (Å²) in [4.78, 5) is 19.2. The van der Waals surface area contributed by atoms with E-state index < -0.39 is 5.76 Å². The number of hydrogen-bond donors (Lipinski definition) is 1. The Morgan fingerprint density at radius 3 is 2.69 bits per heavy atom. The van der Waals surface area contributed by atoms with E-state index >= 15 is 0 Å². The molecule has 1 atom stereocenters. The number of benzene rings is 2. The number of para-hydroxylation sites is 2. The van der Waals surface area contributed by atoms with Crippen LogP contribution in [-0.4, -0.2) is 59.0 Å². The van der Waals surface area contributed by atoms with E-state index in [1.54, 1.807) is 30.3 Å². The number of nitrogens with zero attached hydrogens (tertiary/aromatic N) is 3. The quantitative estimate of drug-likeness (QED) is 0.516. The molecule has 0 bridgehead atoms. The molecule has 4 rings (SSSR count). The summed E-state index contributed by atoms with van der Waals surface area (Å²) in [5, 5.41) is 2.98. The van der Waals surface area contributed by atoms with Crippen molar-refractivity contribution in [2.24, 2.45) is 0 Å². The molecule has 32 heavy (non-hydrogen) atoms. The van der Waals surface area contributed by atoms with Gasteiger partial charge < -0.3 is 14.6 Å². The largest absolute Gasteiger partial charge is 0.379 e. The van der Waals surface area contributed by atoms with Crippen molar-refractivity contribution in [3.8, 4) is 0 Å². The molecule has 1 amide bonds. The van der Waals surface area contributed by atoms with Crippen LogP contribution in [0.25, 0.3) is 11.0 Å². The Morgan fingerprint density at radius 2 is 1.94 bits per heavy atom. The fourth-order valence-electron chi connectivity index (χ4n) is 3.85. The maximum absolute atomic E-state index is 13.8. The van der Waals surface area contributed by atoms with E-state index in [1.165, 1.54) is 16.7 Å². The Kier molecular flexibility index (Phi) is 7.33. The number of imidazole rings is 1. The third-order valence-electron chi connectivity index (χ3n) is 5.33. The van der Waals surface area contributed by atoms with Crippen molar-refractivity contribution >= 4 is 28.7 Å². The second-order valence-electron chi connectivity index (χ2n) is 7.37. The molecule has 2 aromatic carbocycles. The third kappa shape index (κ3) is 5.43. The topological polar surface area (TPSA) is 59.4 Å². The number of alkyl halides is 2. The number of amides is 1. The normalized spacial score (nSPS) is 15.9. The number of thioether (sulfide) groups is 1. The maximum atomic E-state index is 13.8. The number of halogens is 3. The summed E-state index contributed by atoms with van der Waals surface area (Å²) in [6, 6.07) is 13.1. The highest BCUT2D eigenvalue weighted by molar-refractivity contribution is 7.99. The number of ether oxygens (including phenoxy) is 1. The summed E-state index contributed by atoms with van der Waals surface area (Å²) in [6.07, 6.45) is 0. The molecule has 1 fully saturated rings. The first-order valence-electron chi connectivity index (χ1n) is 10.3. The Morgan fingerprint density at radius 1 is 1.16 bits per heavy atom. The molecule has 1 saturated heterocycles. The van der Waals surface area contributed by atoms with E-state index in [2.05, 4.69) is 15.2 Å².